The van der Waals surface area contributed by atoms with E-state index in [1.165, 1.54) is 5.56 Å². The number of halogens is 1. The molecular weight excluding hydrogens is 406 g/mol. The molecule has 0 heterocycles. The van der Waals surface area contributed by atoms with Crippen LogP contribution in [0.25, 0.3) is 0 Å². The molecule has 2 aromatic rings. The van der Waals surface area contributed by atoms with Crippen LogP contribution in [0.4, 0.5) is 0 Å². The van der Waals surface area contributed by atoms with Crippen molar-refractivity contribution in [2.75, 3.05) is 13.7 Å². The summed E-state index contributed by atoms with van der Waals surface area (Å²) in [5.41, 5.74) is 3.33. The van der Waals surface area contributed by atoms with Crippen LogP contribution in [0, 0.1) is 6.92 Å². The number of amides is 1. The van der Waals surface area contributed by atoms with Gasteiger partial charge in [-0.15, -0.1) is 0 Å². The standard InChI is InChI=1S/C22H28BrNO3/c1-6-19(17-8-9-20(26-5)15(4)11-17)24-22(25)13-27-21-10-7-16(14(2)3)12-18(21)23/h7-12,14,19H,6,13H2,1-5H3,(H,24,25)/t19-/m0/s1. The number of rotatable bonds is 8. The Morgan fingerprint density at radius 1 is 1.11 bits per heavy atom. The molecule has 0 aliphatic heterocycles. The van der Waals surface area contributed by atoms with Crippen molar-refractivity contribution < 1.29 is 14.3 Å². The zero-order chi connectivity index (χ0) is 20.0. The lowest BCUT2D eigenvalue weighted by molar-refractivity contribution is -0.123. The fourth-order valence-corrected chi connectivity index (χ4v) is 3.42. The van der Waals surface area contributed by atoms with E-state index in [4.69, 9.17) is 9.47 Å². The summed E-state index contributed by atoms with van der Waals surface area (Å²) >= 11 is 3.52. The Morgan fingerprint density at radius 2 is 1.78 bits per heavy atom. The van der Waals surface area contributed by atoms with Gasteiger partial charge < -0.3 is 14.8 Å². The molecular formula is C22H28BrNO3. The minimum Gasteiger partial charge on any atom is -0.496 e. The van der Waals surface area contributed by atoms with Gasteiger partial charge in [-0.1, -0.05) is 39.0 Å². The van der Waals surface area contributed by atoms with Crippen LogP contribution in [0.5, 0.6) is 11.5 Å². The minimum atomic E-state index is -0.143. The van der Waals surface area contributed by atoms with E-state index < -0.39 is 0 Å². The molecule has 5 heteroatoms. The Balaban J connectivity index is 1.98. The molecule has 146 valence electrons. The van der Waals surface area contributed by atoms with E-state index in [2.05, 4.69) is 41.2 Å². The van der Waals surface area contributed by atoms with Crippen molar-refractivity contribution >= 4 is 21.8 Å². The highest BCUT2D eigenvalue weighted by atomic mass is 79.9. The van der Waals surface area contributed by atoms with E-state index in [9.17, 15) is 4.79 Å². The van der Waals surface area contributed by atoms with Crippen LogP contribution in [0.2, 0.25) is 0 Å². The van der Waals surface area contributed by atoms with E-state index in [-0.39, 0.29) is 18.6 Å². The molecule has 2 rings (SSSR count). The first-order valence-corrected chi connectivity index (χ1v) is 10.0. The Morgan fingerprint density at radius 3 is 2.33 bits per heavy atom. The van der Waals surface area contributed by atoms with Crippen LogP contribution in [-0.2, 0) is 4.79 Å². The average molecular weight is 434 g/mol. The van der Waals surface area contributed by atoms with Gasteiger partial charge in [-0.3, -0.25) is 4.79 Å². The quantitative estimate of drug-likeness (QED) is 0.594. The van der Waals surface area contributed by atoms with Crippen molar-refractivity contribution in [2.24, 2.45) is 0 Å². The van der Waals surface area contributed by atoms with E-state index in [1.54, 1.807) is 7.11 Å². The predicted octanol–water partition coefficient (Wildman–Crippen LogP) is 5.54. The summed E-state index contributed by atoms with van der Waals surface area (Å²) in [4.78, 5) is 12.4. The average Bonchev–Trinajstić information content (AvgIpc) is 2.64. The minimum absolute atomic E-state index is 0.0226. The second-order valence-corrected chi connectivity index (χ2v) is 7.74. The first-order chi connectivity index (χ1) is 12.8. The van der Waals surface area contributed by atoms with Crippen molar-refractivity contribution in [3.05, 3.63) is 57.6 Å². The SMILES string of the molecule is CC[C@H](NC(=O)COc1ccc(C(C)C)cc1Br)c1ccc(OC)c(C)c1. The van der Waals surface area contributed by atoms with E-state index in [1.807, 2.05) is 44.2 Å². The number of carbonyl (C=O) groups is 1. The van der Waals surface area contributed by atoms with Crippen molar-refractivity contribution in [3.8, 4) is 11.5 Å². The molecule has 0 unspecified atom stereocenters. The van der Waals surface area contributed by atoms with Crippen LogP contribution < -0.4 is 14.8 Å². The maximum Gasteiger partial charge on any atom is 0.258 e. The molecule has 0 saturated carbocycles. The Kier molecular flexibility index (Phi) is 7.72. The van der Waals surface area contributed by atoms with Gasteiger partial charge in [0.05, 0.1) is 17.6 Å². The van der Waals surface area contributed by atoms with Gasteiger partial charge in [-0.2, -0.15) is 0 Å². The maximum absolute atomic E-state index is 12.4. The van der Waals surface area contributed by atoms with Crippen molar-refractivity contribution in [3.63, 3.8) is 0 Å². The summed E-state index contributed by atoms with van der Waals surface area (Å²) in [7, 11) is 1.66. The second-order valence-electron chi connectivity index (χ2n) is 6.89. The van der Waals surface area contributed by atoms with Gasteiger partial charge in [0.15, 0.2) is 6.61 Å². The third-order valence-corrected chi connectivity index (χ3v) is 5.17. The summed E-state index contributed by atoms with van der Waals surface area (Å²) in [6, 6.07) is 11.9. The number of hydrogen-bond acceptors (Lipinski definition) is 3. The third kappa shape index (κ3) is 5.73. The number of nitrogens with one attached hydrogen (secondary N) is 1. The lowest BCUT2D eigenvalue weighted by Gasteiger charge is -2.19. The summed E-state index contributed by atoms with van der Waals surface area (Å²) in [5, 5.41) is 3.05. The van der Waals surface area contributed by atoms with Gasteiger partial charge in [0.2, 0.25) is 0 Å². The second kappa shape index (κ2) is 9.79. The molecule has 2 aromatic carbocycles. The van der Waals surface area contributed by atoms with Gasteiger partial charge in [0.25, 0.3) is 5.91 Å². The van der Waals surface area contributed by atoms with Crippen LogP contribution >= 0.6 is 15.9 Å². The Labute approximate surface area is 170 Å². The van der Waals surface area contributed by atoms with Gasteiger partial charge in [0.1, 0.15) is 11.5 Å². The zero-order valence-corrected chi connectivity index (χ0v) is 18.2. The highest BCUT2D eigenvalue weighted by Crippen LogP contribution is 2.29. The molecule has 0 radical (unpaired) electrons. The first kappa shape index (κ1) is 21.3. The van der Waals surface area contributed by atoms with Gasteiger partial charge >= 0.3 is 0 Å². The molecule has 4 nitrogen and oxygen atoms in total. The van der Waals surface area contributed by atoms with Crippen LogP contribution in [0.3, 0.4) is 0 Å². The first-order valence-electron chi connectivity index (χ1n) is 9.21. The topological polar surface area (TPSA) is 47.6 Å². The molecule has 27 heavy (non-hydrogen) atoms. The summed E-state index contributed by atoms with van der Waals surface area (Å²) in [5.74, 6) is 1.81. The third-order valence-electron chi connectivity index (χ3n) is 4.55. The van der Waals surface area contributed by atoms with Crippen molar-refractivity contribution in [2.45, 2.75) is 46.1 Å². The lowest BCUT2D eigenvalue weighted by Crippen LogP contribution is -2.32. The highest BCUT2D eigenvalue weighted by molar-refractivity contribution is 9.10. The molecule has 1 N–H and O–H groups in total. The number of hydrogen-bond donors (Lipinski definition) is 1. The molecule has 0 bridgehead atoms. The molecule has 1 atom stereocenters. The maximum atomic E-state index is 12.4. The summed E-state index contributed by atoms with van der Waals surface area (Å²) < 4.78 is 11.9. The Bertz CT molecular complexity index is 789. The monoisotopic (exact) mass is 433 g/mol. The van der Waals surface area contributed by atoms with E-state index in [0.29, 0.717) is 11.7 Å². The van der Waals surface area contributed by atoms with Crippen LogP contribution in [0.15, 0.2) is 40.9 Å². The number of carbonyl (C=O) groups excluding carboxylic acids is 1. The largest absolute Gasteiger partial charge is 0.496 e. The number of benzene rings is 2. The van der Waals surface area contributed by atoms with E-state index in [0.717, 1.165) is 27.8 Å². The predicted molar refractivity (Wildman–Crippen MR) is 113 cm³/mol. The normalized spacial score (nSPS) is 12.0. The Hall–Kier alpha value is -2.01. The number of methoxy groups -OCH3 is 1. The highest BCUT2D eigenvalue weighted by Gasteiger charge is 2.15. The van der Waals surface area contributed by atoms with Crippen LogP contribution in [-0.4, -0.2) is 19.6 Å². The van der Waals surface area contributed by atoms with Gasteiger partial charge in [-0.05, 0) is 70.1 Å². The molecule has 0 fully saturated rings. The van der Waals surface area contributed by atoms with Crippen molar-refractivity contribution in [1.82, 2.24) is 5.32 Å². The fourth-order valence-electron chi connectivity index (χ4n) is 2.91. The smallest absolute Gasteiger partial charge is 0.258 e. The molecule has 0 aromatic heterocycles. The molecule has 1 amide bonds. The van der Waals surface area contributed by atoms with Crippen molar-refractivity contribution in [1.29, 1.82) is 0 Å². The summed E-state index contributed by atoms with van der Waals surface area (Å²) in [6.07, 6.45) is 0.796. The summed E-state index contributed by atoms with van der Waals surface area (Å²) in [6.45, 7) is 8.30. The van der Waals surface area contributed by atoms with Gasteiger partial charge in [0, 0.05) is 0 Å². The van der Waals surface area contributed by atoms with E-state index >= 15 is 0 Å². The molecule has 0 spiro atoms. The zero-order valence-electron chi connectivity index (χ0n) is 16.6. The van der Waals surface area contributed by atoms with Crippen LogP contribution in [0.1, 0.15) is 55.8 Å². The molecule has 0 aliphatic rings. The number of ether oxygens (including phenoxy) is 2. The van der Waals surface area contributed by atoms with Gasteiger partial charge in [-0.25, -0.2) is 0 Å². The number of aryl methyl sites for hydroxylation is 1. The lowest BCUT2D eigenvalue weighted by atomic mass is 10.0. The molecule has 0 aliphatic carbocycles. The molecule has 0 saturated heterocycles. The fraction of sp³-hybridized carbons (Fsp3) is 0.409.